The number of fused-ring (bicyclic) bond motifs is 1. The van der Waals surface area contributed by atoms with Crippen LogP contribution in [0.4, 0.5) is 11.4 Å². The maximum Gasteiger partial charge on any atom is 0.250 e. The summed E-state index contributed by atoms with van der Waals surface area (Å²) in [7, 11) is -3.68. The summed E-state index contributed by atoms with van der Waals surface area (Å²) < 4.78 is 26.2. The molecule has 138 valence electrons. The number of hydrogen-bond donors (Lipinski definition) is 0. The van der Waals surface area contributed by atoms with E-state index in [1.165, 1.54) is 0 Å². The second kappa shape index (κ2) is 6.93. The van der Waals surface area contributed by atoms with Gasteiger partial charge in [0.1, 0.15) is 6.04 Å². The molecule has 5 nitrogen and oxygen atoms in total. The fourth-order valence-corrected chi connectivity index (χ4v) is 4.77. The number of amides is 1. The van der Waals surface area contributed by atoms with Crippen molar-refractivity contribution >= 4 is 38.9 Å². The Hall–Kier alpha value is -2.05. The zero-order valence-electron chi connectivity index (χ0n) is 14.9. The van der Waals surface area contributed by atoms with Gasteiger partial charge in [0.25, 0.3) is 5.91 Å². The first-order valence-corrected chi connectivity index (χ1v) is 10.6. The molecule has 0 saturated heterocycles. The van der Waals surface area contributed by atoms with Crippen LogP contribution in [0.25, 0.3) is 0 Å². The number of hydrogen-bond acceptors (Lipinski definition) is 3. The molecule has 1 heterocycles. The third kappa shape index (κ3) is 3.44. The van der Waals surface area contributed by atoms with Crippen molar-refractivity contribution < 1.29 is 13.2 Å². The Labute approximate surface area is 159 Å². The quantitative estimate of drug-likeness (QED) is 0.801. The Morgan fingerprint density at radius 1 is 1.23 bits per heavy atom. The van der Waals surface area contributed by atoms with Gasteiger partial charge in [0.15, 0.2) is 0 Å². The summed E-state index contributed by atoms with van der Waals surface area (Å²) in [6.45, 7) is 3.96. The van der Waals surface area contributed by atoms with Crippen molar-refractivity contribution in [1.82, 2.24) is 0 Å². The van der Waals surface area contributed by atoms with Crippen LogP contribution in [-0.4, -0.2) is 33.2 Å². The van der Waals surface area contributed by atoms with Crippen molar-refractivity contribution in [3.8, 4) is 0 Å². The third-order valence-electron chi connectivity index (χ3n) is 4.63. The second-order valence-corrected chi connectivity index (χ2v) is 8.83. The van der Waals surface area contributed by atoms with Crippen LogP contribution in [0.1, 0.15) is 18.1 Å². The van der Waals surface area contributed by atoms with Crippen molar-refractivity contribution in [2.45, 2.75) is 26.3 Å². The fraction of sp³-hybridized carbons (Fsp3) is 0.316. The van der Waals surface area contributed by atoms with Crippen LogP contribution < -0.4 is 9.21 Å². The van der Waals surface area contributed by atoms with E-state index in [4.69, 9.17) is 11.6 Å². The minimum Gasteiger partial charge on any atom is -0.310 e. The Bertz CT molecular complexity index is 959. The van der Waals surface area contributed by atoms with Gasteiger partial charge in [-0.05, 0) is 49.6 Å². The molecule has 2 aromatic carbocycles. The van der Waals surface area contributed by atoms with Gasteiger partial charge in [0, 0.05) is 17.3 Å². The van der Waals surface area contributed by atoms with Crippen LogP contribution in [0.2, 0.25) is 5.02 Å². The number of sulfonamides is 1. The van der Waals surface area contributed by atoms with E-state index in [9.17, 15) is 13.2 Å². The molecule has 1 aliphatic heterocycles. The highest BCUT2D eigenvalue weighted by Gasteiger charge is 2.35. The lowest BCUT2D eigenvalue weighted by Crippen LogP contribution is -2.49. The molecule has 1 aliphatic rings. The first-order chi connectivity index (χ1) is 12.2. The Balaban J connectivity index is 2.01. The highest BCUT2D eigenvalue weighted by atomic mass is 35.5. The first kappa shape index (κ1) is 18.7. The lowest BCUT2D eigenvalue weighted by atomic mass is 10.1. The monoisotopic (exact) mass is 392 g/mol. The third-order valence-corrected chi connectivity index (χ3v) is 6.09. The highest BCUT2D eigenvalue weighted by Crippen LogP contribution is 2.32. The number of anilines is 2. The van der Waals surface area contributed by atoms with Crippen LogP contribution in [0.5, 0.6) is 0 Å². The van der Waals surface area contributed by atoms with E-state index in [0.29, 0.717) is 17.3 Å². The molecule has 0 N–H and O–H groups in total. The molecule has 0 radical (unpaired) electrons. The SMILES string of the molecule is Cc1ccc(Cl)cc1N([C@H](C)C(=O)N1CCc2ccccc21)S(C)(=O)=O. The highest BCUT2D eigenvalue weighted by molar-refractivity contribution is 7.92. The van der Waals surface area contributed by atoms with Crippen LogP contribution in [0.3, 0.4) is 0 Å². The smallest absolute Gasteiger partial charge is 0.250 e. The predicted molar refractivity (Wildman–Crippen MR) is 105 cm³/mol. The van der Waals surface area contributed by atoms with E-state index < -0.39 is 16.1 Å². The summed E-state index contributed by atoms with van der Waals surface area (Å²) in [5, 5.41) is 0.422. The molecule has 7 heteroatoms. The van der Waals surface area contributed by atoms with E-state index >= 15 is 0 Å². The molecule has 0 aromatic heterocycles. The van der Waals surface area contributed by atoms with Crippen LogP contribution in [0, 0.1) is 6.92 Å². The molecule has 0 aliphatic carbocycles. The van der Waals surface area contributed by atoms with Gasteiger partial charge in [0.05, 0.1) is 11.9 Å². The van der Waals surface area contributed by atoms with Crippen molar-refractivity contribution in [3.05, 3.63) is 58.6 Å². The molecule has 1 amide bonds. The van der Waals surface area contributed by atoms with E-state index in [0.717, 1.165) is 33.8 Å². The average Bonchev–Trinajstić information content (AvgIpc) is 3.00. The summed E-state index contributed by atoms with van der Waals surface area (Å²) in [4.78, 5) is 14.8. The van der Waals surface area contributed by atoms with Crippen molar-refractivity contribution in [1.29, 1.82) is 0 Å². The first-order valence-electron chi connectivity index (χ1n) is 8.35. The number of carbonyl (C=O) groups is 1. The molecule has 3 rings (SSSR count). The Kier molecular flexibility index (Phi) is 4.99. The van der Waals surface area contributed by atoms with Crippen LogP contribution >= 0.6 is 11.6 Å². The maximum atomic E-state index is 13.2. The van der Waals surface area contributed by atoms with Gasteiger partial charge in [-0.1, -0.05) is 35.9 Å². The Morgan fingerprint density at radius 2 is 1.92 bits per heavy atom. The minimum atomic E-state index is -3.68. The van der Waals surface area contributed by atoms with Crippen LogP contribution in [0.15, 0.2) is 42.5 Å². The van der Waals surface area contributed by atoms with Gasteiger partial charge in [-0.3, -0.25) is 9.10 Å². The molecule has 0 bridgehead atoms. The normalized spacial score (nSPS) is 14.8. The number of halogens is 1. The van der Waals surface area contributed by atoms with Crippen molar-refractivity contribution in [3.63, 3.8) is 0 Å². The van der Waals surface area contributed by atoms with E-state index in [2.05, 4.69) is 0 Å². The molecule has 0 fully saturated rings. The maximum absolute atomic E-state index is 13.2. The molecule has 1 atom stereocenters. The van der Waals surface area contributed by atoms with Gasteiger partial charge < -0.3 is 4.90 Å². The zero-order chi connectivity index (χ0) is 19.1. The summed E-state index contributed by atoms with van der Waals surface area (Å²) >= 11 is 6.07. The predicted octanol–water partition coefficient (Wildman–Crippen LogP) is 3.39. The molecule has 0 unspecified atom stereocenters. The molecule has 0 saturated carbocycles. The molecule has 2 aromatic rings. The van der Waals surface area contributed by atoms with Gasteiger partial charge >= 0.3 is 0 Å². The number of para-hydroxylation sites is 1. The van der Waals surface area contributed by atoms with Crippen LogP contribution in [-0.2, 0) is 21.2 Å². The largest absolute Gasteiger partial charge is 0.310 e. The lowest BCUT2D eigenvalue weighted by Gasteiger charge is -2.32. The molecule has 0 spiro atoms. The minimum absolute atomic E-state index is 0.250. The summed E-state index contributed by atoms with van der Waals surface area (Å²) in [6.07, 6.45) is 1.87. The summed E-state index contributed by atoms with van der Waals surface area (Å²) in [5.74, 6) is -0.250. The van der Waals surface area contributed by atoms with Crippen molar-refractivity contribution in [2.24, 2.45) is 0 Å². The number of nitrogens with zero attached hydrogens (tertiary/aromatic N) is 2. The topological polar surface area (TPSA) is 57.7 Å². The van der Waals surface area contributed by atoms with E-state index in [1.807, 2.05) is 24.3 Å². The van der Waals surface area contributed by atoms with E-state index in [-0.39, 0.29) is 5.91 Å². The fourth-order valence-electron chi connectivity index (χ4n) is 3.39. The number of carbonyl (C=O) groups excluding carboxylic acids is 1. The lowest BCUT2D eigenvalue weighted by molar-refractivity contribution is -0.119. The Morgan fingerprint density at radius 3 is 2.62 bits per heavy atom. The molecule has 26 heavy (non-hydrogen) atoms. The zero-order valence-corrected chi connectivity index (χ0v) is 16.5. The standard InChI is InChI=1S/C19H21ClN2O3S/c1-13-8-9-16(20)12-18(13)22(26(3,24)25)14(2)19(23)21-11-10-15-6-4-5-7-17(15)21/h4-9,12,14H,10-11H2,1-3H3/t14-/m1/s1. The number of rotatable bonds is 4. The number of aryl methyl sites for hydroxylation is 1. The summed E-state index contributed by atoms with van der Waals surface area (Å²) in [5.41, 5.74) is 3.10. The number of benzene rings is 2. The van der Waals surface area contributed by atoms with E-state index in [1.54, 1.807) is 36.9 Å². The van der Waals surface area contributed by atoms with Crippen molar-refractivity contribution in [2.75, 3.05) is 22.0 Å². The average molecular weight is 393 g/mol. The van der Waals surface area contributed by atoms with Gasteiger partial charge in [0.2, 0.25) is 10.0 Å². The van der Waals surface area contributed by atoms with Gasteiger partial charge in [-0.25, -0.2) is 8.42 Å². The molecular weight excluding hydrogens is 372 g/mol. The summed E-state index contributed by atoms with van der Waals surface area (Å²) in [6, 6.07) is 11.8. The van der Waals surface area contributed by atoms with Gasteiger partial charge in [-0.15, -0.1) is 0 Å². The second-order valence-electron chi connectivity index (χ2n) is 6.53. The van der Waals surface area contributed by atoms with Gasteiger partial charge in [-0.2, -0.15) is 0 Å². The molecular formula is C19H21ClN2O3S.